The number of carbonyl (C=O) groups is 1. The van der Waals surface area contributed by atoms with Crippen LogP contribution in [0.5, 0.6) is 0 Å². The maximum absolute atomic E-state index is 13.6. The van der Waals surface area contributed by atoms with Gasteiger partial charge in [-0.15, -0.1) is 11.3 Å². The summed E-state index contributed by atoms with van der Waals surface area (Å²) in [6.07, 6.45) is 3.99. The zero-order valence-corrected chi connectivity index (χ0v) is 16.1. The molecular weight excluding hydrogens is 349 g/mol. The van der Waals surface area contributed by atoms with Crippen molar-refractivity contribution in [3.05, 3.63) is 70.1 Å². The van der Waals surface area contributed by atoms with Crippen LogP contribution < -0.4 is 10.6 Å². The van der Waals surface area contributed by atoms with Gasteiger partial charge in [0.2, 0.25) is 0 Å². The van der Waals surface area contributed by atoms with Crippen LogP contribution in [0.3, 0.4) is 0 Å². The number of thiophene rings is 1. The monoisotopic (exact) mass is 371 g/mol. The topological polar surface area (TPSA) is 46.1 Å². The Morgan fingerprint density at radius 1 is 1.19 bits per heavy atom. The number of hydrogen-bond donors (Lipinski definition) is 2. The molecule has 0 saturated heterocycles. The summed E-state index contributed by atoms with van der Waals surface area (Å²) in [4.78, 5) is 13.6. The van der Waals surface area contributed by atoms with Crippen LogP contribution in [0.15, 0.2) is 42.7 Å². The first kappa shape index (κ1) is 18.2. The Morgan fingerprint density at radius 2 is 1.88 bits per heavy atom. The van der Waals surface area contributed by atoms with E-state index in [9.17, 15) is 9.18 Å². The third kappa shape index (κ3) is 3.65. The van der Waals surface area contributed by atoms with Gasteiger partial charge in [0.25, 0.3) is 0 Å². The fraction of sp³-hybridized carbons (Fsp3) is 0.250. The Bertz CT molecular complexity index is 931. The van der Waals surface area contributed by atoms with E-state index in [1.807, 2.05) is 31.5 Å². The lowest BCUT2D eigenvalue weighted by Gasteiger charge is -2.17. The molecular formula is C20H22FN3OS. The maximum Gasteiger partial charge on any atom is 0.319 e. The lowest BCUT2D eigenvalue weighted by Crippen LogP contribution is -2.31. The van der Waals surface area contributed by atoms with Crippen molar-refractivity contribution in [2.45, 2.75) is 33.7 Å². The van der Waals surface area contributed by atoms with Crippen LogP contribution in [-0.2, 0) is 0 Å². The number of aryl methyl sites for hydroxylation is 2. The molecule has 3 rings (SSSR count). The molecule has 0 aliphatic carbocycles. The summed E-state index contributed by atoms with van der Waals surface area (Å²) in [6, 6.07) is 8.06. The fourth-order valence-corrected chi connectivity index (χ4v) is 4.12. The van der Waals surface area contributed by atoms with Gasteiger partial charge >= 0.3 is 6.03 Å². The van der Waals surface area contributed by atoms with E-state index in [-0.39, 0.29) is 17.9 Å². The number of nitrogens with zero attached hydrogens (tertiary/aromatic N) is 1. The molecule has 4 nitrogen and oxygen atoms in total. The average Bonchev–Trinajstić information content (AvgIpc) is 3.20. The van der Waals surface area contributed by atoms with E-state index in [2.05, 4.69) is 29.0 Å². The van der Waals surface area contributed by atoms with Gasteiger partial charge in [-0.05, 0) is 63.1 Å². The van der Waals surface area contributed by atoms with Crippen molar-refractivity contribution < 1.29 is 9.18 Å². The van der Waals surface area contributed by atoms with Crippen LogP contribution in [-0.4, -0.2) is 10.6 Å². The lowest BCUT2D eigenvalue weighted by molar-refractivity contribution is 0.249. The van der Waals surface area contributed by atoms with Gasteiger partial charge in [0.1, 0.15) is 10.8 Å². The molecule has 26 heavy (non-hydrogen) atoms. The first-order chi connectivity index (χ1) is 12.4. The predicted molar refractivity (Wildman–Crippen MR) is 105 cm³/mol. The van der Waals surface area contributed by atoms with Gasteiger partial charge in [0.05, 0.1) is 6.04 Å². The van der Waals surface area contributed by atoms with Gasteiger partial charge in [-0.3, -0.25) is 0 Å². The fourth-order valence-electron chi connectivity index (χ4n) is 2.90. The second-order valence-electron chi connectivity index (χ2n) is 6.38. The van der Waals surface area contributed by atoms with Gasteiger partial charge in [-0.25, -0.2) is 9.18 Å². The third-order valence-corrected chi connectivity index (χ3v) is 5.70. The molecule has 2 heterocycles. The summed E-state index contributed by atoms with van der Waals surface area (Å²) in [7, 11) is 0. The smallest absolute Gasteiger partial charge is 0.319 e. The average molecular weight is 371 g/mol. The Kier molecular flexibility index (Phi) is 5.13. The number of benzene rings is 1. The van der Waals surface area contributed by atoms with Crippen LogP contribution in [0.25, 0.3) is 5.00 Å². The lowest BCUT2D eigenvalue weighted by atomic mass is 10.1. The minimum Gasteiger partial charge on any atom is -0.331 e. The van der Waals surface area contributed by atoms with Gasteiger partial charge in [-0.2, -0.15) is 0 Å². The largest absolute Gasteiger partial charge is 0.331 e. The van der Waals surface area contributed by atoms with Gasteiger partial charge in [0.15, 0.2) is 0 Å². The number of carbonyl (C=O) groups excluding carboxylic acids is 1. The van der Waals surface area contributed by atoms with Gasteiger partial charge < -0.3 is 15.2 Å². The van der Waals surface area contributed by atoms with E-state index < -0.39 is 0 Å². The summed E-state index contributed by atoms with van der Waals surface area (Å²) >= 11 is 1.70. The highest BCUT2D eigenvalue weighted by Crippen LogP contribution is 2.35. The van der Waals surface area contributed by atoms with Crippen LogP contribution in [0.2, 0.25) is 0 Å². The van der Waals surface area contributed by atoms with E-state index in [1.54, 1.807) is 30.4 Å². The molecule has 0 bridgehead atoms. The normalized spacial score (nSPS) is 12.0. The van der Waals surface area contributed by atoms with Crippen LogP contribution in [0.1, 0.15) is 34.5 Å². The number of anilines is 1. The van der Waals surface area contributed by atoms with Crippen molar-refractivity contribution in [1.29, 1.82) is 0 Å². The Morgan fingerprint density at radius 3 is 2.54 bits per heavy atom. The Labute approximate surface area is 156 Å². The number of urea groups is 1. The first-order valence-electron chi connectivity index (χ1n) is 8.43. The van der Waals surface area contributed by atoms with Gasteiger partial charge in [0, 0.05) is 28.5 Å². The van der Waals surface area contributed by atoms with E-state index >= 15 is 0 Å². The molecule has 0 saturated carbocycles. The van der Waals surface area contributed by atoms with Crippen molar-refractivity contribution >= 4 is 23.1 Å². The number of halogens is 1. The second kappa shape index (κ2) is 7.33. The first-order valence-corrected chi connectivity index (χ1v) is 9.25. The summed E-state index contributed by atoms with van der Waals surface area (Å²) in [5.74, 6) is -0.338. The van der Waals surface area contributed by atoms with Crippen molar-refractivity contribution in [2.75, 3.05) is 5.32 Å². The number of hydrogen-bond acceptors (Lipinski definition) is 2. The third-order valence-electron chi connectivity index (χ3n) is 4.46. The molecule has 3 aromatic rings. The van der Waals surface area contributed by atoms with E-state index in [1.165, 1.54) is 16.5 Å². The Balaban J connectivity index is 1.78. The quantitative estimate of drug-likeness (QED) is 0.626. The molecule has 0 aliphatic rings. The van der Waals surface area contributed by atoms with Crippen LogP contribution >= 0.6 is 11.3 Å². The molecule has 0 unspecified atom stereocenters. The standard InChI is InChI=1S/C20H22FN3OS/c1-12-7-8-16(11-17(12)21)23-20(25)22-14(3)18-13(2)15(4)26-19(18)24-9-5-6-10-24/h5-11,14H,1-4H3,(H2,22,23,25)/t14-/m0/s1. The molecule has 1 atom stereocenters. The highest BCUT2D eigenvalue weighted by atomic mass is 32.1. The molecule has 0 aliphatic heterocycles. The summed E-state index contributed by atoms with van der Waals surface area (Å²) < 4.78 is 15.7. The second-order valence-corrected chi connectivity index (χ2v) is 7.58. The molecule has 0 spiro atoms. The van der Waals surface area contributed by atoms with Crippen LogP contribution in [0.4, 0.5) is 14.9 Å². The number of nitrogens with one attached hydrogen (secondary N) is 2. The molecule has 1 aromatic carbocycles. The minimum atomic E-state index is -0.359. The summed E-state index contributed by atoms with van der Waals surface area (Å²) in [6.45, 7) is 7.79. The van der Waals surface area contributed by atoms with Gasteiger partial charge in [-0.1, -0.05) is 6.07 Å². The predicted octanol–water partition coefficient (Wildman–Crippen LogP) is 5.49. The molecule has 0 fully saturated rings. The zero-order valence-electron chi connectivity index (χ0n) is 15.3. The van der Waals surface area contributed by atoms with E-state index in [0.717, 1.165) is 10.6 Å². The summed E-state index contributed by atoms with van der Waals surface area (Å²) in [5, 5.41) is 6.75. The van der Waals surface area contributed by atoms with Crippen molar-refractivity contribution in [1.82, 2.24) is 9.88 Å². The molecule has 2 amide bonds. The van der Waals surface area contributed by atoms with Crippen molar-refractivity contribution in [3.8, 4) is 5.00 Å². The number of rotatable bonds is 4. The SMILES string of the molecule is Cc1ccc(NC(=O)N[C@@H](C)c2c(-n3cccc3)sc(C)c2C)cc1F. The van der Waals surface area contributed by atoms with E-state index in [4.69, 9.17) is 0 Å². The van der Waals surface area contributed by atoms with Crippen molar-refractivity contribution in [3.63, 3.8) is 0 Å². The highest BCUT2D eigenvalue weighted by Gasteiger charge is 2.21. The maximum atomic E-state index is 13.6. The molecule has 0 radical (unpaired) electrons. The molecule has 2 aromatic heterocycles. The zero-order chi connectivity index (χ0) is 18.8. The molecule has 2 N–H and O–H groups in total. The highest BCUT2D eigenvalue weighted by molar-refractivity contribution is 7.14. The number of aromatic nitrogens is 1. The number of amides is 2. The minimum absolute atomic E-state index is 0.187. The van der Waals surface area contributed by atoms with Crippen molar-refractivity contribution in [2.24, 2.45) is 0 Å². The molecule has 6 heteroatoms. The summed E-state index contributed by atoms with van der Waals surface area (Å²) in [5.41, 5.74) is 3.24. The Hall–Kier alpha value is -2.60. The van der Waals surface area contributed by atoms with Crippen LogP contribution in [0, 0.1) is 26.6 Å². The molecule has 136 valence electrons. The van der Waals surface area contributed by atoms with E-state index in [0.29, 0.717) is 11.3 Å².